The lowest BCUT2D eigenvalue weighted by atomic mass is 10.1. The monoisotopic (exact) mass is 258 g/mol. The molecule has 2 heterocycles. The standard InChI is InChI=1S/C8H11BrN4O/c9-5-3-12-13-7(5)4-11-8(14)6-1-2-10-6/h3,6,10H,1-2,4H2,(H,11,14)(H,12,13)/t6-/m1/s1. The molecule has 6 heteroatoms. The molecule has 1 aliphatic heterocycles. The summed E-state index contributed by atoms with van der Waals surface area (Å²) in [6, 6.07) is -0.00306. The van der Waals surface area contributed by atoms with Crippen LogP contribution in [0.25, 0.3) is 0 Å². The first-order valence-corrected chi connectivity index (χ1v) is 5.25. The maximum absolute atomic E-state index is 11.4. The lowest BCUT2D eigenvalue weighted by Crippen LogP contribution is -2.53. The fourth-order valence-corrected chi connectivity index (χ4v) is 1.56. The van der Waals surface area contributed by atoms with Crippen LogP contribution in [0.3, 0.4) is 0 Å². The van der Waals surface area contributed by atoms with Gasteiger partial charge in [-0.2, -0.15) is 5.10 Å². The molecular weight excluding hydrogens is 248 g/mol. The summed E-state index contributed by atoms with van der Waals surface area (Å²) in [7, 11) is 0. The number of carbonyl (C=O) groups excluding carboxylic acids is 1. The maximum Gasteiger partial charge on any atom is 0.237 e. The molecule has 1 aromatic rings. The van der Waals surface area contributed by atoms with Crippen LogP contribution in [0.4, 0.5) is 0 Å². The van der Waals surface area contributed by atoms with Crippen molar-refractivity contribution in [3.63, 3.8) is 0 Å². The molecule has 0 aromatic carbocycles. The Hall–Kier alpha value is -0.880. The van der Waals surface area contributed by atoms with Gasteiger partial charge in [0.25, 0.3) is 0 Å². The van der Waals surface area contributed by atoms with Crippen molar-refractivity contribution < 1.29 is 4.79 Å². The van der Waals surface area contributed by atoms with E-state index in [-0.39, 0.29) is 11.9 Å². The van der Waals surface area contributed by atoms with E-state index in [0.29, 0.717) is 6.54 Å². The fourth-order valence-electron chi connectivity index (χ4n) is 1.23. The van der Waals surface area contributed by atoms with E-state index >= 15 is 0 Å². The zero-order valence-corrected chi connectivity index (χ0v) is 9.10. The molecule has 3 N–H and O–H groups in total. The number of aromatic nitrogens is 2. The predicted octanol–water partition coefficient (Wildman–Crippen LogP) is 0.150. The zero-order chi connectivity index (χ0) is 9.97. The van der Waals surface area contributed by atoms with Crippen LogP contribution in [0.5, 0.6) is 0 Å². The van der Waals surface area contributed by atoms with Crippen LogP contribution in [-0.2, 0) is 11.3 Å². The Kier molecular flexibility index (Phi) is 2.83. The van der Waals surface area contributed by atoms with E-state index in [1.807, 2.05) is 0 Å². The lowest BCUT2D eigenvalue weighted by molar-refractivity contribution is -0.124. The highest BCUT2D eigenvalue weighted by molar-refractivity contribution is 9.10. The molecule has 14 heavy (non-hydrogen) atoms. The van der Waals surface area contributed by atoms with E-state index in [9.17, 15) is 4.79 Å². The third-order valence-electron chi connectivity index (χ3n) is 2.25. The van der Waals surface area contributed by atoms with Crippen LogP contribution in [0, 0.1) is 0 Å². The number of rotatable bonds is 3. The molecule has 1 atom stereocenters. The largest absolute Gasteiger partial charge is 0.349 e. The van der Waals surface area contributed by atoms with Crippen LogP contribution in [-0.4, -0.2) is 28.7 Å². The number of aromatic amines is 1. The Bertz CT molecular complexity index is 334. The Morgan fingerprint density at radius 1 is 1.79 bits per heavy atom. The molecule has 0 unspecified atom stereocenters. The van der Waals surface area contributed by atoms with Crippen molar-refractivity contribution in [2.75, 3.05) is 6.54 Å². The summed E-state index contributed by atoms with van der Waals surface area (Å²) >= 11 is 3.32. The molecule has 1 amide bonds. The highest BCUT2D eigenvalue weighted by Crippen LogP contribution is 2.12. The molecule has 0 saturated carbocycles. The summed E-state index contributed by atoms with van der Waals surface area (Å²) in [5.74, 6) is 0.0535. The van der Waals surface area contributed by atoms with Gasteiger partial charge in [0.15, 0.2) is 0 Å². The molecule has 76 valence electrons. The van der Waals surface area contributed by atoms with Crippen molar-refractivity contribution in [1.82, 2.24) is 20.8 Å². The fraction of sp³-hybridized carbons (Fsp3) is 0.500. The summed E-state index contributed by atoms with van der Waals surface area (Å²) in [4.78, 5) is 11.4. The zero-order valence-electron chi connectivity index (χ0n) is 7.51. The maximum atomic E-state index is 11.4. The highest BCUT2D eigenvalue weighted by atomic mass is 79.9. The summed E-state index contributed by atoms with van der Waals surface area (Å²) in [5.41, 5.74) is 0.887. The Morgan fingerprint density at radius 3 is 3.07 bits per heavy atom. The molecule has 0 aliphatic carbocycles. The van der Waals surface area contributed by atoms with E-state index in [2.05, 4.69) is 36.8 Å². The van der Waals surface area contributed by atoms with Crippen molar-refractivity contribution in [2.24, 2.45) is 0 Å². The molecule has 1 aliphatic rings. The first-order valence-electron chi connectivity index (χ1n) is 4.46. The highest BCUT2D eigenvalue weighted by Gasteiger charge is 2.23. The lowest BCUT2D eigenvalue weighted by Gasteiger charge is -2.26. The SMILES string of the molecule is O=C(NCc1[nH]ncc1Br)[C@H]1CCN1. The quantitative estimate of drug-likeness (QED) is 0.723. The number of hydrogen-bond donors (Lipinski definition) is 3. The second-order valence-electron chi connectivity index (χ2n) is 3.21. The summed E-state index contributed by atoms with van der Waals surface area (Å²) in [5, 5.41) is 12.5. The van der Waals surface area contributed by atoms with Crippen LogP contribution >= 0.6 is 15.9 Å². The summed E-state index contributed by atoms with van der Waals surface area (Å²) < 4.78 is 0.888. The van der Waals surface area contributed by atoms with Gasteiger partial charge in [-0.3, -0.25) is 9.89 Å². The molecule has 5 nitrogen and oxygen atoms in total. The van der Waals surface area contributed by atoms with Crippen molar-refractivity contribution in [1.29, 1.82) is 0 Å². The van der Waals surface area contributed by atoms with Gasteiger partial charge in [-0.1, -0.05) is 0 Å². The van der Waals surface area contributed by atoms with Crippen molar-refractivity contribution in [2.45, 2.75) is 19.0 Å². The summed E-state index contributed by atoms with van der Waals surface area (Å²) in [6.07, 6.45) is 2.60. The van der Waals surface area contributed by atoms with E-state index in [0.717, 1.165) is 23.1 Å². The van der Waals surface area contributed by atoms with E-state index in [4.69, 9.17) is 0 Å². The normalized spacial score (nSPS) is 20.2. The van der Waals surface area contributed by atoms with Crippen molar-refractivity contribution >= 4 is 21.8 Å². The minimum absolute atomic E-state index is 0.00306. The van der Waals surface area contributed by atoms with Crippen molar-refractivity contribution in [3.8, 4) is 0 Å². The van der Waals surface area contributed by atoms with Gasteiger partial charge in [-0.25, -0.2) is 0 Å². The molecular formula is C8H11BrN4O. The first kappa shape index (κ1) is 9.67. The molecule has 2 rings (SSSR count). The van der Waals surface area contributed by atoms with E-state index < -0.39 is 0 Å². The Balaban J connectivity index is 1.82. The van der Waals surface area contributed by atoms with Gasteiger partial charge in [0.2, 0.25) is 5.91 Å². The molecule has 1 fully saturated rings. The Morgan fingerprint density at radius 2 is 2.57 bits per heavy atom. The number of nitrogens with one attached hydrogen (secondary N) is 3. The second kappa shape index (κ2) is 4.10. The average molecular weight is 259 g/mol. The molecule has 0 spiro atoms. The van der Waals surface area contributed by atoms with E-state index in [1.165, 1.54) is 0 Å². The van der Waals surface area contributed by atoms with Crippen LogP contribution < -0.4 is 10.6 Å². The smallest absolute Gasteiger partial charge is 0.237 e. The van der Waals surface area contributed by atoms with Gasteiger partial charge in [0.1, 0.15) is 0 Å². The number of nitrogens with zero attached hydrogens (tertiary/aromatic N) is 1. The molecule has 0 radical (unpaired) electrons. The topological polar surface area (TPSA) is 69.8 Å². The predicted molar refractivity (Wildman–Crippen MR) is 54.5 cm³/mol. The third-order valence-corrected chi connectivity index (χ3v) is 2.93. The minimum atomic E-state index is -0.00306. The van der Waals surface area contributed by atoms with Gasteiger partial charge in [-0.05, 0) is 28.9 Å². The molecule has 1 aromatic heterocycles. The van der Waals surface area contributed by atoms with E-state index in [1.54, 1.807) is 6.20 Å². The number of halogens is 1. The van der Waals surface area contributed by atoms with Crippen LogP contribution in [0.1, 0.15) is 12.1 Å². The minimum Gasteiger partial charge on any atom is -0.349 e. The number of hydrogen-bond acceptors (Lipinski definition) is 3. The van der Waals surface area contributed by atoms with Gasteiger partial charge in [0.05, 0.1) is 29.0 Å². The molecule has 0 bridgehead atoms. The van der Waals surface area contributed by atoms with Crippen LogP contribution in [0.2, 0.25) is 0 Å². The number of H-pyrrole nitrogens is 1. The van der Waals surface area contributed by atoms with Gasteiger partial charge in [-0.15, -0.1) is 0 Å². The van der Waals surface area contributed by atoms with Crippen LogP contribution in [0.15, 0.2) is 10.7 Å². The number of amides is 1. The van der Waals surface area contributed by atoms with Gasteiger partial charge < -0.3 is 10.6 Å². The summed E-state index contributed by atoms with van der Waals surface area (Å²) in [6.45, 7) is 1.42. The molecule has 1 saturated heterocycles. The van der Waals surface area contributed by atoms with Gasteiger partial charge in [0, 0.05) is 0 Å². The second-order valence-corrected chi connectivity index (χ2v) is 4.06. The third kappa shape index (κ3) is 1.96. The van der Waals surface area contributed by atoms with Crippen molar-refractivity contribution in [3.05, 3.63) is 16.4 Å². The first-order chi connectivity index (χ1) is 6.77. The average Bonchev–Trinajstić information content (AvgIpc) is 2.44. The number of carbonyl (C=O) groups is 1. The Labute approximate surface area is 89.8 Å². The van der Waals surface area contributed by atoms with Gasteiger partial charge >= 0.3 is 0 Å².